The van der Waals surface area contributed by atoms with E-state index in [1.165, 1.54) is 5.69 Å². The second-order valence-electron chi connectivity index (χ2n) is 7.79. The molecule has 1 fully saturated rings. The van der Waals surface area contributed by atoms with Gasteiger partial charge in [-0.05, 0) is 62.2 Å². The summed E-state index contributed by atoms with van der Waals surface area (Å²) in [6.45, 7) is 3.48. The molecule has 1 aromatic heterocycles. The van der Waals surface area contributed by atoms with E-state index in [0.29, 0.717) is 0 Å². The number of halogens is 1. The van der Waals surface area contributed by atoms with Gasteiger partial charge in [-0.1, -0.05) is 29.3 Å². The standard InChI is InChI=1S/C23H22ClN3O/c1-16-4-2-5-17(14-16)22(28)26-12-9-23(10-13-26)21-6-3-11-27(21)20-15-18(24)7-8-19(20)25-23/h2-8,11,14-15,25H,9-10,12-13H2,1H3. The molecule has 0 saturated carbocycles. The molecule has 2 aliphatic rings. The van der Waals surface area contributed by atoms with Crippen LogP contribution >= 0.6 is 11.6 Å². The summed E-state index contributed by atoms with van der Waals surface area (Å²) in [5, 5.41) is 4.50. The van der Waals surface area contributed by atoms with Crippen molar-refractivity contribution in [2.45, 2.75) is 25.3 Å². The molecule has 28 heavy (non-hydrogen) atoms. The maximum absolute atomic E-state index is 12.9. The minimum absolute atomic E-state index is 0.122. The van der Waals surface area contributed by atoms with Crippen molar-refractivity contribution in [1.82, 2.24) is 9.47 Å². The summed E-state index contributed by atoms with van der Waals surface area (Å²) in [6.07, 6.45) is 3.84. The minimum Gasteiger partial charge on any atom is -0.372 e. The Balaban J connectivity index is 1.42. The molecule has 5 rings (SSSR count). The normalized spacial score (nSPS) is 17.0. The first-order chi connectivity index (χ1) is 13.6. The van der Waals surface area contributed by atoms with Crippen molar-refractivity contribution in [3.63, 3.8) is 0 Å². The number of aryl methyl sites for hydroxylation is 1. The molecule has 2 aliphatic heterocycles. The number of carbonyl (C=O) groups excluding carboxylic acids is 1. The first-order valence-electron chi connectivity index (χ1n) is 9.68. The van der Waals surface area contributed by atoms with Crippen LogP contribution in [0, 0.1) is 6.92 Å². The SMILES string of the molecule is Cc1cccc(C(=O)N2CCC3(CC2)Nc2ccc(Cl)cc2-n2cccc23)c1. The summed E-state index contributed by atoms with van der Waals surface area (Å²) in [7, 11) is 0. The Morgan fingerprint density at radius 3 is 2.68 bits per heavy atom. The lowest BCUT2D eigenvalue weighted by molar-refractivity contribution is 0.0676. The van der Waals surface area contributed by atoms with E-state index in [0.717, 1.165) is 53.5 Å². The maximum atomic E-state index is 12.9. The maximum Gasteiger partial charge on any atom is 0.253 e. The van der Waals surface area contributed by atoms with Crippen molar-refractivity contribution in [2.75, 3.05) is 18.4 Å². The molecule has 2 aromatic carbocycles. The van der Waals surface area contributed by atoms with Crippen LogP contribution in [0.4, 0.5) is 5.69 Å². The van der Waals surface area contributed by atoms with Gasteiger partial charge in [0.1, 0.15) is 0 Å². The van der Waals surface area contributed by atoms with Crippen molar-refractivity contribution < 1.29 is 4.79 Å². The van der Waals surface area contributed by atoms with Crippen molar-refractivity contribution in [1.29, 1.82) is 0 Å². The van der Waals surface area contributed by atoms with Gasteiger partial charge in [0, 0.05) is 35.6 Å². The zero-order valence-electron chi connectivity index (χ0n) is 15.8. The van der Waals surface area contributed by atoms with Gasteiger partial charge in [-0.3, -0.25) is 4.79 Å². The molecule has 4 nitrogen and oxygen atoms in total. The number of piperidine rings is 1. The second kappa shape index (κ2) is 6.42. The highest BCUT2D eigenvalue weighted by Crippen LogP contribution is 2.44. The minimum atomic E-state index is -0.159. The molecule has 0 atom stereocenters. The van der Waals surface area contributed by atoms with E-state index in [1.54, 1.807) is 0 Å². The Kier molecular flexibility index (Phi) is 3.98. The highest BCUT2D eigenvalue weighted by Gasteiger charge is 2.42. The summed E-state index contributed by atoms with van der Waals surface area (Å²) >= 11 is 6.23. The molecule has 0 aliphatic carbocycles. The third kappa shape index (κ3) is 2.71. The van der Waals surface area contributed by atoms with Crippen LogP contribution in [0.1, 0.15) is 34.5 Å². The van der Waals surface area contributed by atoms with E-state index in [1.807, 2.05) is 54.3 Å². The quantitative estimate of drug-likeness (QED) is 0.634. The Hall–Kier alpha value is -2.72. The van der Waals surface area contributed by atoms with Crippen molar-refractivity contribution in [3.8, 4) is 5.69 Å². The van der Waals surface area contributed by atoms with Crippen LogP contribution < -0.4 is 5.32 Å². The van der Waals surface area contributed by atoms with Gasteiger partial charge in [-0.25, -0.2) is 0 Å². The topological polar surface area (TPSA) is 37.3 Å². The van der Waals surface area contributed by atoms with Crippen LogP contribution in [0.5, 0.6) is 0 Å². The lowest BCUT2D eigenvalue weighted by Gasteiger charge is -2.46. The summed E-state index contributed by atoms with van der Waals surface area (Å²) in [4.78, 5) is 14.9. The van der Waals surface area contributed by atoms with E-state index in [4.69, 9.17) is 11.6 Å². The third-order valence-corrected chi connectivity index (χ3v) is 6.24. The molecule has 0 bridgehead atoms. The number of fused-ring (bicyclic) bond motifs is 4. The molecule has 1 spiro atoms. The van der Waals surface area contributed by atoms with Crippen molar-refractivity contribution in [2.24, 2.45) is 0 Å². The monoisotopic (exact) mass is 391 g/mol. The fraction of sp³-hybridized carbons (Fsp3) is 0.261. The van der Waals surface area contributed by atoms with Crippen LogP contribution in [0.2, 0.25) is 5.02 Å². The van der Waals surface area contributed by atoms with E-state index < -0.39 is 0 Å². The molecular weight excluding hydrogens is 370 g/mol. The van der Waals surface area contributed by atoms with Crippen LogP contribution in [0.15, 0.2) is 60.8 Å². The Morgan fingerprint density at radius 2 is 1.89 bits per heavy atom. The third-order valence-electron chi connectivity index (χ3n) is 6.00. The predicted octanol–water partition coefficient (Wildman–Crippen LogP) is 5.00. The number of amides is 1. The Morgan fingerprint density at radius 1 is 1.07 bits per heavy atom. The highest BCUT2D eigenvalue weighted by molar-refractivity contribution is 6.30. The molecule has 5 heteroatoms. The molecule has 1 amide bonds. The molecular formula is C23H22ClN3O. The van der Waals surface area contributed by atoms with E-state index in [9.17, 15) is 4.79 Å². The van der Waals surface area contributed by atoms with Crippen LogP contribution in [0.3, 0.4) is 0 Å². The van der Waals surface area contributed by atoms with Gasteiger partial charge in [0.05, 0.1) is 16.9 Å². The van der Waals surface area contributed by atoms with Gasteiger partial charge < -0.3 is 14.8 Å². The van der Waals surface area contributed by atoms with Gasteiger partial charge >= 0.3 is 0 Å². The fourth-order valence-corrected chi connectivity index (χ4v) is 4.71. The first kappa shape index (κ1) is 17.4. The number of benzene rings is 2. The number of carbonyl (C=O) groups is 1. The summed E-state index contributed by atoms with van der Waals surface area (Å²) in [6, 6.07) is 18.1. The number of hydrogen-bond donors (Lipinski definition) is 1. The lowest BCUT2D eigenvalue weighted by Crippen LogP contribution is -2.51. The number of anilines is 1. The van der Waals surface area contributed by atoms with Gasteiger partial charge in [-0.2, -0.15) is 0 Å². The van der Waals surface area contributed by atoms with Crippen LogP contribution in [0.25, 0.3) is 5.69 Å². The van der Waals surface area contributed by atoms with E-state index in [-0.39, 0.29) is 11.4 Å². The van der Waals surface area contributed by atoms with E-state index in [2.05, 4.69) is 28.2 Å². The number of rotatable bonds is 1. The molecule has 142 valence electrons. The Bertz CT molecular complexity index is 1060. The van der Waals surface area contributed by atoms with Gasteiger partial charge in [0.15, 0.2) is 0 Å². The second-order valence-corrected chi connectivity index (χ2v) is 8.23. The average molecular weight is 392 g/mol. The van der Waals surface area contributed by atoms with Gasteiger partial charge in [-0.15, -0.1) is 0 Å². The summed E-state index contributed by atoms with van der Waals surface area (Å²) < 4.78 is 2.23. The van der Waals surface area contributed by atoms with E-state index >= 15 is 0 Å². The number of likely N-dealkylation sites (tertiary alicyclic amines) is 1. The summed E-state index contributed by atoms with van der Waals surface area (Å²) in [5.41, 5.74) is 5.14. The highest BCUT2D eigenvalue weighted by atomic mass is 35.5. The molecule has 3 aromatic rings. The number of nitrogens with zero attached hydrogens (tertiary/aromatic N) is 2. The van der Waals surface area contributed by atoms with Crippen LogP contribution in [-0.2, 0) is 5.54 Å². The predicted molar refractivity (Wildman–Crippen MR) is 112 cm³/mol. The molecule has 3 heterocycles. The molecule has 0 radical (unpaired) electrons. The van der Waals surface area contributed by atoms with Gasteiger partial charge in [0.25, 0.3) is 5.91 Å². The molecule has 1 saturated heterocycles. The average Bonchev–Trinajstić information content (AvgIpc) is 3.20. The number of aromatic nitrogens is 1. The smallest absolute Gasteiger partial charge is 0.253 e. The van der Waals surface area contributed by atoms with Crippen molar-refractivity contribution >= 4 is 23.2 Å². The summed E-state index contributed by atoms with van der Waals surface area (Å²) in [5.74, 6) is 0.122. The van der Waals surface area contributed by atoms with Crippen molar-refractivity contribution in [3.05, 3.63) is 82.6 Å². The van der Waals surface area contributed by atoms with Gasteiger partial charge in [0.2, 0.25) is 0 Å². The zero-order valence-corrected chi connectivity index (χ0v) is 16.5. The fourth-order valence-electron chi connectivity index (χ4n) is 4.55. The first-order valence-corrected chi connectivity index (χ1v) is 10.1. The molecule has 0 unspecified atom stereocenters. The Labute approximate surface area is 169 Å². The number of hydrogen-bond acceptors (Lipinski definition) is 2. The lowest BCUT2D eigenvalue weighted by atomic mass is 9.82. The number of nitrogens with one attached hydrogen (secondary N) is 1. The largest absolute Gasteiger partial charge is 0.372 e. The zero-order chi connectivity index (χ0) is 19.3. The molecule has 1 N–H and O–H groups in total. The van der Waals surface area contributed by atoms with Crippen LogP contribution in [-0.4, -0.2) is 28.5 Å².